The van der Waals surface area contributed by atoms with Crippen molar-refractivity contribution in [3.8, 4) is 11.5 Å². The number of H-pyrrole nitrogens is 1. The van der Waals surface area contributed by atoms with Crippen LogP contribution >= 0.6 is 0 Å². The van der Waals surface area contributed by atoms with Crippen molar-refractivity contribution >= 4 is 5.91 Å². The summed E-state index contributed by atoms with van der Waals surface area (Å²) in [7, 11) is 3.26. The molecule has 0 saturated heterocycles. The van der Waals surface area contributed by atoms with Crippen molar-refractivity contribution in [2.24, 2.45) is 0 Å². The molecule has 132 valence electrons. The topological polar surface area (TPSA) is 79.5 Å². The van der Waals surface area contributed by atoms with Crippen molar-refractivity contribution in [2.45, 2.75) is 25.9 Å². The van der Waals surface area contributed by atoms with Gasteiger partial charge >= 0.3 is 0 Å². The zero-order valence-electron chi connectivity index (χ0n) is 14.5. The lowest BCUT2D eigenvalue weighted by molar-refractivity contribution is 0.0727. The van der Waals surface area contributed by atoms with Gasteiger partial charge in [-0.3, -0.25) is 9.89 Å². The molecular weight excluding hydrogens is 320 g/mol. The summed E-state index contributed by atoms with van der Waals surface area (Å²) in [5, 5.41) is 10.6. The van der Waals surface area contributed by atoms with E-state index in [2.05, 4.69) is 15.5 Å². The maximum absolute atomic E-state index is 13.0. The van der Waals surface area contributed by atoms with Crippen LogP contribution in [0.5, 0.6) is 11.5 Å². The molecule has 25 heavy (non-hydrogen) atoms. The van der Waals surface area contributed by atoms with Crippen LogP contribution in [-0.4, -0.2) is 48.3 Å². The minimum atomic E-state index is -0.0124. The molecule has 1 aromatic heterocycles. The summed E-state index contributed by atoms with van der Waals surface area (Å²) >= 11 is 0. The van der Waals surface area contributed by atoms with E-state index in [1.165, 1.54) is 5.56 Å². The minimum absolute atomic E-state index is 0.0124. The molecular formula is C18H22N4O3. The lowest BCUT2D eigenvalue weighted by Crippen LogP contribution is -2.37. The average Bonchev–Trinajstić information content (AvgIpc) is 3.09. The van der Waals surface area contributed by atoms with Gasteiger partial charge in [0, 0.05) is 43.9 Å². The molecule has 7 heteroatoms. The van der Waals surface area contributed by atoms with E-state index in [9.17, 15) is 4.79 Å². The predicted molar refractivity (Wildman–Crippen MR) is 92.0 cm³/mol. The van der Waals surface area contributed by atoms with Crippen molar-refractivity contribution in [2.75, 3.05) is 27.3 Å². The normalized spacial score (nSPS) is 16.2. The summed E-state index contributed by atoms with van der Waals surface area (Å²) in [6.07, 6.45) is 1.68. The van der Waals surface area contributed by atoms with E-state index in [-0.39, 0.29) is 5.91 Å². The van der Waals surface area contributed by atoms with Crippen molar-refractivity contribution in [1.29, 1.82) is 0 Å². The van der Waals surface area contributed by atoms with Crippen LogP contribution in [0, 0.1) is 0 Å². The van der Waals surface area contributed by atoms with Crippen LogP contribution in [0.2, 0.25) is 0 Å². The third-order valence-electron chi connectivity index (χ3n) is 5.01. The first-order valence-corrected chi connectivity index (χ1v) is 8.51. The maximum atomic E-state index is 13.0. The van der Waals surface area contributed by atoms with Crippen LogP contribution < -0.4 is 14.8 Å². The first-order chi connectivity index (χ1) is 12.2. The number of nitrogens with one attached hydrogen (secondary N) is 2. The molecule has 0 radical (unpaired) electrons. The fourth-order valence-corrected chi connectivity index (χ4v) is 3.61. The molecule has 0 aliphatic carbocycles. The van der Waals surface area contributed by atoms with Crippen molar-refractivity contribution < 1.29 is 14.3 Å². The van der Waals surface area contributed by atoms with Gasteiger partial charge in [-0.1, -0.05) is 0 Å². The summed E-state index contributed by atoms with van der Waals surface area (Å²) in [5.74, 6) is 1.41. The number of ether oxygens (including phenoxy) is 2. The number of benzene rings is 1. The number of carbonyl (C=O) groups excluding carboxylic acids is 1. The van der Waals surface area contributed by atoms with Crippen LogP contribution in [0.15, 0.2) is 12.1 Å². The lowest BCUT2D eigenvalue weighted by atomic mass is 9.98. The molecule has 0 saturated carbocycles. The third kappa shape index (κ3) is 2.74. The molecule has 0 atom stereocenters. The number of rotatable bonds is 3. The van der Waals surface area contributed by atoms with Gasteiger partial charge in [-0.05, 0) is 29.7 Å². The molecule has 7 nitrogen and oxygen atoms in total. The quantitative estimate of drug-likeness (QED) is 0.878. The van der Waals surface area contributed by atoms with Crippen LogP contribution in [0.25, 0.3) is 0 Å². The Hall–Kier alpha value is -2.54. The summed E-state index contributed by atoms with van der Waals surface area (Å²) in [5.41, 5.74) is 4.93. The first-order valence-electron chi connectivity index (χ1n) is 8.51. The number of hydrogen-bond donors (Lipinski definition) is 2. The van der Waals surface area contributed by atoms with Crippen LogP contribution in [0.4, 0.5) is 0 Å². The number of amides is 1. The number of hydrogen-bond acceptors (Lipinski definition) is 5. The van der Waals surface area contributed by atoms with Gasteiger partial charge < -0.3 is 19.7 Å². The van der Waals surface area contributed by atoms with E-state index in [1.807, 2.05) is 17.0 Å². The summed E-state index contributed by atoms with van der Waals surface area (Å²) in [6.45, 7) is 2.85. The van der Waals surface area contributed by atoms with Crippen molar-refractivity contribution in [3.05, 3.63) is 40.2 Å². The van der Waals surface area contributed by atoms with Crippen LogP contribution in [0.1, 0.15) is 32.9 Å². The fraction of sp³-hybridized carbons (Fsp3) is 0.444. The summed E-state index contributed by atoms with van der Waals surface area (Å²) < 4.78 is 10.8. The van der Waals surface area contributed by atoms with E-state index in [0.29, 0.717) is 31.1 Å². The lowest BCUT2D eigenvalue weighted by Gasteiger charge is -2.29. The molecule has 0 unspecified atom stereocenters. The molecule has 1 aromatic carbocycles. The van der Waals surface area contributed by atoms with Gasteiger partial charge in [0.1, 0.15) is 0 Å². The Kier molecular flexibility index (Phi) is 4.09. The molecule has 2 aliphatic heterocycles. The Bertz CT molecular complexity index is 815. The highest BCUT2D eigenvalue weighted by atomic mass is 16.5. The highest BCUT2D eigenvalue weighted by Crippen LogP contribution is 2.33. The molecule has 0 spiro atoms. The SMILES string of the molecule is COc1cc2c(cc1OC)CN(C(=O)c1n[nH]c3c1CNCC3)CC2. The monoisotopic (exact) mass is 342 g/mol. The zero-order chi connectivity index (χ0) is 17.4. The Labute approximate surface area is 146 Å². The number of methoxy groups -OCH3 is 2. The van der Waals surface area contributed by atoms with Gasteiger partial charge in [0.2, 0.25) is 0 Å². The Morgan fingerprint density at radius 2 is 1.92 bits per heavy atom. The third-order valence-corrected chi connectivity index (χ3v) is 5.01. The van der Waals surface area contributed by atoms with Crippen molar-refractivity contribution in [1.82, 2.24) is 20.4 Å². The van der Waals surface area contributed by atoms with E-state index < -0.39 is 0 Å². The molecule has 3 heterocycles. The summed E-state index contributed by atoms with van der Waals surface area (Å²) in [4.78, 5) is 14.8. The Balaban J connectivity index is 1.60. The smallest absolute Gasteiger partial charge is 0.275 e. The molecule has 2 aromatic rings. The van der Waals surface area contributed by atoms with Crippen molar-refractivity contribution in [3.63, 3.8) is 0 Å². The standard InChI is InChI=1S/C18H22N4O3/c1-24-15-7-11-4-6-22(10-12(11)8-16(15)25-2)18(23)17-13-9-19-5-3-14(13)20-21-17/h7-8,19H,3-6,9-10H2,1-2H3,(H,20,21). The fourth-order valence-electron chi connectivity index (χ4n) is 3.61. The van der Waals surface area contributed by atoms with Gasteiger partial charge in [-0.15, -0.1) is 0 Å². The van der Waals surface area contributed by atoms with E-state index in [4.69, 9.17) is 9.47 Å². The second kappa shape index (κ2) is 6.40. The van der Waals surface area contributed by atoms with E-state index in [0.717, 1.165) is 42.0 Å². The molecule has 2 N–H and O–H groups in total. The van der Waals surface area contributed by atoms with Gasteiger partial charge in [-0.2, -0.15) is 5.10 Å². The van der Waals surface area contributed by atoms with Gasteiger partial charge in [0.05, 0.1) is 14.2 Å². The number of aromatic amines is 1. The van der Waals surface area contributed by atoms with Gasteiger partial charge in [0.15, 0.2) is 17.2 Å². The molecule has 0 bridgehead atoms. The highest BCUT2D eigenvalue weighted by molar-refractivity contribution is 5.94. The highest BCUT2D eigenvalue weighted by Gasteiger charge is 2.28. The van der Waals surface area contributed by atoms with Gasteiger partial charge in [0.25, 0.3) is 5.91 Å². The summed E-state index contributed by atoms with van der Waals surface area (Å²) in [6, 6.07) is 3.98. The Morgan fingerprint density at radius 1 is 1.16 bits per heavy atom. The van der Waals surface area contributed by atoms with Crippen LogP contribution in [0.3, 0.4) is 0 Å². The minimum Gasteiger partial charge on any atom is -0.493 e. The molecule has 4 rings (SSSR count). The second-order valence-corrected chi connectivity index (χ2v) is 6.41. The zero-order valence-corrected chi connectivity index (χ0v) is 14.5. The number of nitrogens with zero attached hydrogens (tertiary/aromatic N) is 2. The Morgan fingerprint density at radius 3 is 2.68 bits per heavy atom. The number of fused-ring (bicyclic) bond motifs is 2. The second-order valence-electron chi connectivity index (χ2n) is 6.41. The maximum Gasteiger partial charge on any atom is 0.275 e. The number of carbonyl (C=O) groups is 1. The predicted octanol–water partition coefficient (Wildman–Crippen LogP) is 1.27. The molecule has 1 amide bonds. The largest absolute Gasteiger partial charge is 0.493 e. The van der Waals surface area contributed by atoms with E-state index in [1.54, 1.807) is 14.2 Å². The van der Waals surface area contributed by atoms with Crippen LogP contribution in [-0.2, 0) is 25.9 Å². The molecule has 0 fully saturated rings. The molecule has 2 aliphatic rings. The number of aromatic nitrogens is 2. The van der Waals surface area contributed by atoms with E-state index >= 15 is 0 Å². The first kappa shape index (κ1) is 16.0. The average molecular weight is 342 g/mol. The van der Waals surface area contributed by atoms with Gasteiger partial charge in [-0.25, -0.2) is 0 Å².